The largest absolute Gasteiger partial charge is 0.342 e. The van der Waals surface area contributed by atoms with Crippen molar-refractivity contribution >= 4 is 11.0 Å². The molecule has 0 radical (unpaired) electrons. The first-order valence-corrected chi connectivity index (χ1v) is 6.48. The standard InChI is InChI=1S/C15H23N3/c1-10(18(6)15(3,4)5)12-7-8-13-14(9-12)17-11(2)16-13/h7-10H,1-6H3,(H,16,17). The van der Waals surface area contributed by atoms with Crippen LogP contribution in [0.15, 0.2) is 18.2 Å². The summed E-state index contributed by atoms with van der Waals surface area (Å²) in [4.78, 5) is 10.1. The predicted molar refractivity (Wildman–Crippen MR) is 76.8 cm³/mol. The summed E-state index contributed by atoms with van der Waals surface area (Å²) in [5.41, 5.74) is 3.66. The Morgan fingerprint density at radius 2 is 1.94 bits per heavy atom. The van der Waals surface area contributed by atoms with Gasteiger partial charge in [0.05, 0.1) is 11.0 Å². The third-order valence-electron chi connectivity index (χ3n) is 3.75. The number of benzene rings is 1. The van der Waals surface area contributed by atoms with E-state index in [1.165, 1.54) is 5.56 Å². The zero-order valence-electron chi connectivity index (χ0n) is 12.2. The van der Waals surface area contributed by atoms with Crippen LogP contribution in [0.5, 0.6) is 0 Å². The molecule has 1 aromatic heterocycles. The molecular weight excluding hydrogens is 222 g/mol. The number of hydrogen-bond donors (Lipinski definition) is 1. The van der Waals surface area contributed by atoms with Gasteiger partial charge in [-0.3, -0.25) is 4.90 Å². The fourth-order valence-corrected chi connectivity index (χ4v) is 2.22. The Morgan fingerprint density at radius 3 is 2.56 bits per heavy atom. The van der Waals surface area contributed by atoms with Crippen molar-refractivity contribution in [2.45, 2.75) is 46.2 Å². The first-order chi connectivity index (χ1) is 8.29. The zero-order valence-corrected chi connectivity index (χ0v) is 12.2. The summed E-state index contributed by atoms with van der Waals surface area (Å²) in [7, 11) is 2.17. The van der Waals surface area contributed by atoms with Gasteiger partial charge in [0.2, 0.25) is 0 Å². The summed E-state index contributed by atoms with van der Waals surface area (Å²) >= 11 is 0. The number of hydrogen-bond acceptors (Lipinski definition) is 2. The van der Waals surface area contributed by atoms with E-state index in [1.807, 2.05) is 6.92 Å². The minimum absolute atomic E-state index is 0.165. The second kappa shape index (κ2) is 4.39. The van der Waals surface area contributed by atoms with Crippen LogP contribution in [0.4, 0.5) is 0 Å². The molecule has 18 heavy (non-hydrogen) atoms. The van der Waals surface area contributed by atoms with Crippen molar-refractivity contribution < 1.29 is 0 Å². The molecule has 1 aromatic carbocycles. The summed E-state index contributed by atoms with van der Waals surface area (Å²) in [5, 5.41) is 0. The van der Waals surface area contributed by atoms with E-state index in [9.17, 15) is 0 Å². The van der Waals surface area contributed by atoms with Gasteiger partial charge in [-0.1, -0.05) is 6.07 Å². The Balaban J connectivity index is 2.36. The van der Waals surface area contributed by atoms with Crippen LogP contribution >= 0.6 is 0 Å². The molecule has 0 bridgehead atoms. The van der Waals surface area contributed by atoms with Crippen LogP contribution in [-0.4, -0.2) is 27.5 Å². The number of rotatable bonds is 2. The van der Waals surface area contributed by atoms with E-state index in [-0.39, 0.29) is 5.54 Å². The summed E-state index contributed by atoms with van der Waals surface area (Å²) in [6, 6.07) is 6.87. The molecule has 1 heterocycles. The van der Waals surface area contributed by atoms with Gasteiger partial charge in [-0.2, -0.15) is 0 Å². The van der Waals surface area contributed by atoms with Gasteiger partial charge in [-0.25, -0.2) is 4.98 Å². The predicted octanol–water partition coefficient (Wildman–Crippen LogP) is 3.66. The van der Waals surface area contributed by atoms with Gasteiger partial charge < -0.3 is 4.98 Å². The fraction of sp³-hybridized carbons (Fsp3) is 0.533. The van der Waals surface area contributed by atoms with Gasteiger partial charge in [-0.05, 0) is 59.4 Å². The Labute approximate surface area is 109 Å². The zero-order chi connectivity index (χ0) is 13.5. The Bertz CT molecular complexity index is 548. The molecule has 0 aliphatic heterocycles. The number of fused-ring (bicyclic) bond motifs is 1. The first-order valence-electron chi connectivity index (χ1n) is 6.48. The molecule has 98 valence electrons. The normalized spacial score (nSPS) is 14.4. The molecule has 1 N–H and O–H groups in total. The fourth-order valence-electron chi connectivity index (χ4n) is 2.22. The molecule has 0 spiro atoms. The first kappa shape index (κ1) is 13.1. The Morgan fingerprint density at radius 1 is 1.28 bits per heavy atom. The van der Waals surface area contributed by atoms with Gasteiger partial charge in [0.25, 0.3) is 0 Å². The molecule has 2 rings (SSSR count). The number of aryl methyl sites for hydroxylation is 1. The molecule has 0 amide bonds. The molecule has 0 fully saturated rings. The van der Waals surface area contributed by atoms with Crippen molar-refractivity contribution in [1.82, 2.24) is 14.9 Å². The van der Waals surface area contributed by atoms with Gasteiger partial charge in [0.15, 0.2) is 0 Å². The highest BCUT2D eigenvalue weighted by Crippen LogP contribution is 2.27. The minimum atomic E-state index is 0.165. The van der Waals surface area contributed by atoms with Crippen LogP contribution in [0, 0.1) is 6.92 Å². The monoisotopic (exact) mass is 245 g/mol. The van der Waals surface area contributed by atoms with E-state index in [0.29, 0.717) is 6.04 Å². The summed E-state index contributed by atoms with van der Waals surface area (Å²) in [6.45, 7) is 11.0. The van der Waals surface area contributed by atoms with Crippen LogP contribution in [0.25, 0.3) is 11.0 Å². The third-order valence-corrected chi connectivity index (χ3v) is 3.75. The maximum atomic E-state index is 4.44. The van der Waals surface area contributed by atoms with E-state index in [1.54, 1.807) is 0 Å². The molecule has 0 saturated carbocycles. The van der Waals surface area contributed by atoms with Crippen LogP contribution in [0.2, 0.25) is 0 Å². The third kappa shape index (κ3) is 2.41. The SMILES string of the molecule is Cc1nc2ccc(C(C)N(C)C(C)(C)C)cc2[nH]1. The smallest absolute Gasteiger partial charge is 0.104 e. The average Bonchev–Trinajstić information content (AvgIpc) is 2.64. The molecule has 0 aliphatic rings. The minimum Gasteiger partial charge on any atom is -0.342 e. The van der Waals surface area contributed by atoms with Crippen molar-refractivity contribution in [3.05, 3.63) is 29.6 Å². The highest BCUT2D eigenvalue weighted by molar-refractivity contribution is 5.75. The number of nitrogens with zero attached hydrogens (tertiary/aromatic N) is 2. The summed E-state index contributed by atoms with van der Waals surface area (Å²) in [6.07, 6.45) is 0. The number of H-pyrrole nitrogens is 1. The second-order valence-corrected chi connectivity index (χ2v) is 6.06. The second-order valence-electron chi connectivity index (χ2n) is 6.06. The van der Waals surface area contributed by atoms with Crippen LogP contribution in [0.1, 0.15) is 45.1 Å². The van der Waals surface area contributed by atoms with Crippen LogP contribution in [0.3, 0.4) is 0 Å². The van der Waals surface area contributed by atoms with Gasteiger partial charge >= 0.3 is 0 Å². The van der Waals surface area contributed by atoms with E-state index in [0.717, 1.165) is 16.9 Å². The van der Waals surface area contributed by atoms with Gasteiger partial charge in [-0.15, -0.1) is 0 Å². The molecule has 0 saturated heterocycles. The lowest BCUT2D eigenvalue weighted by Gasteiger charge is -2.37. The van der Waals surface area contributed by atoms with Crippen LogP contribution < -0.4 is 0 Å². The maximum Gasteiger partial charge on any atom is 0.104 e. The van der Waals surface area contributed by atoms with Gasteiger partial charge in [0.1, 0.15) is 5.82 Å². The molecule has 2 aromatic rings. The quantitative estimate of drug-likeness (QED) is 0.875. The number of imidazole rings is 1. The van der Waals surface area contributed by atoms with Crippen molar-refractivity contribution in [2.75, 3.05) is 7.05 Å². The van der Waals surface area contributed by atoms with Gasteiger partial charge in [0, 0.05) is 11.6 Å². The maximum absolute atomic E-state index is 4.44. The average molecular weight is 245 g/mol. The molecular formula is C15H23N3. The summed E-state index contributed by atoms with van der Waals surface area (Å²) in [5.74, 6) is 0.971. The van der Waals surface area contributed by atoms with E-state index >= 15 is 0 Å². The Kier molecular flexibility index (Phi) is 3.20. The molecule has 1 atom stereocenters. The highest BCUT2D eigenvalue weighted by Gasteiger charge is 2.23. The lowest BCUT2D eigenvalue weighted by molar-refractivity contribution is 0.126. The van der Waals surface area contributed by atoms with E-state index < -0.39 is 0 Å². The molecule has 3 nitrogen and oxygen atoms in total. The van der Waals surface area contributed by atoms with E-state index in [2.05, 4.69) is 67.8 Å². The highest BCUT2D eigenvalue weighted by atomic mass is 15.2. The van der Waals surface area contributed by atoms with Crippen LogP contribution in [-0.2, 0) is 0 Å². The van der Waals surface area contributed by atoms with Crippen molar-refractivity contribution in [3.63, 3.8) is 0 Å². The van der Waals surface area contributed by atoms with Crippen molar-refractivity contribution in [1.29, 1.82) is 0 Å². The molecule has 1 unspecified atom stereocenters. The summed E-state index contributed by atoms with van der Waals surface area (Å²) < 4.78 is 0. The van der Waals surface area contributed by atoms with Crippen molar-refractivity contribution in [3.8, 4) is 0 Å². The topological polar surface area (TPSA) is 31.9 Å². The number of aromatic nitrogens is 2. The Hall–Kier alpha value is -1.35. The molecule has 0 aliphatic carbocycles. The number of nitrogens with one attached hydrogen (secondary N) is 1. The van der Waals surface area contributed by atoms with E-state index in [4.69, 9.17) is 0 Å². The lowest BCUT2D eigenvalue weighted by atomic mass is 10.00. The number of aromatic amines is 1. The van der Waals surface area contributed by atoms with Crippen molar-refractivity contribution in [2.24, 2.45) is 0 Å². The lowest BCUT2D eigenvalue weighted by Crippen LogP contribution is -2.39. The molecule has 3 heteroatoms.